The van der Waals surface area contributed by atoms with Gasteiger partial charge < -0.3 is 9.80 Å². The summed E-state index contributed by atoms with van der Waals surface area (Å²) < 4.78 is 0. The molecule has 1 fully saturated rings. The van der Waals surface area contributed by atoms with Crippen LogP contribution in [0.3, 0.4) is 0 Å². The van der Waals surface area contributed by atoms with Crippen LogP contribution in [-0.2, 0) is 0 Å². The zero-order valence-corrected chi connectivity index (χ0v) is 14.8. The molecule has 1 aliphatic heterocycles. The highest BCUT2D eigenvalue weighted by atomic mass is 16.2. The molecule has 0 saturated carbocycles. The fourth-order valence-electron chi connectivity index (χ4n) is 3.29. The summed E-state index contributed by atoms with van der Waals surface area (Å²) in [5.41, 5.74) is 2.59. The fraction of sp³-hybridized carbons (Fsp3) is 0.333. The summed E-state index contributed by atoms with van der Waals surface area (Å²) in [6.45, 7) is 3.38. The Morgan fingerprint density at radius 1 is 0.920 bits per heavy atom. The molecule has 2 aromatic rings. The topological polar surface area (TPSA) is 40.6 Å². The Labute approximate surface area is 149 Å². The van der Waals surface area contributed by atoms with E-state index >= 15 is 0 Å². The van der Waals surface area contributed by atoms with Gasteiger partial charge in [0.25, 0.3) is 11.8 Å². The molecule has 0 aromatic heterocycles. The highest BCUT2D eigenvalue weighted by Crippen LogP contribution is 2.19. The molecule has 25 heavy (non-hydrogen) atoms. The van der Waals surface area contributed by atoms with E-state index in [-0.39, 0.29) is 17.9 Å². The van der Waals surface area contributed by atoms with Crippen molar-refractivity contribution in [2.24, 2.45) is 0 Å². The zero-order valence-electron chi connectivity index (χ0n) is 14.8. The van der Waals surface area contributed by atoms with Gasteiger partial charge >= 0.3 is 0 Å². The van der Waals surface area contributed by atoms with Gasteiger partial charge in [0.05, 0.1) is 0 Å². The Bertz CT molecular complexity index is 732. The van der Waals surface area contributed by atoms with Gasteiger partial charge in [-0.1, -0.05) is 35.9 Å². The van der Waals surface area contributed by atoms with E-state index in [4.69, 9.17) is 0 Å². The second kappa shape index (κ2) is 7.51. The molecule has 0 atom stereocenters. The largest absolute Gasteiger partial charge is 0.339 e. The van der Waals surface area contributed by atoms with Crippen molar-refractivity contribution in [3.8, 4) is 0 Å². The van der Waals surface area contributed by atoms with Crippen LogP contribution in [0.1, 0.15) is 39.1 Å². The molecule has 0 bridgehead atoms. The molecule has 4 nitrogen and oxygen atoms in total. The highest BCUT2D eigenvalue weighted by molar-refractivity contribution is 5.95. The summed E-state index contributed by atoms with van der Waals surface area (Å²) >= 11 is 0. The first kappa shape index (κ1) is 17.2. The summed E-state index contributed by atoms with van der Waals surface area (Å²) in [4.78, 5) is 28.9. The number of benzene rings is 2. The Morgan fingerprint density at radius 2 is 1.52 bits per heavy atom. The molecule has 3 rings (SSSR count). The van der Waals surface area contributed by atoms with Crippen LogP contribution in [0, 0.1) is 6.92 Å². The molecule has 1 heterocycles. The minimum absolute atomic E-state index is 0.0489. The first-order valence-corrected chi connectivity index (χ1v) is 8.74. The number of rotatable bonds is 3. The molecule has 1 saturated heterocycles. The molecule has 1 aliphatic rings. The average molecular weight is 336 g/mol. The van der Waals surface area contributed by atoms with Gasteiger partial charge in [-0.25, -0.2) is 0 Å². The van der Waals surface area contributed by atoms with Crippen LogP contribution in [-0.4, -0.2) is 47.8 Å². The van der Waals surface area contributed by atoms with Gasteiger partial charge in [0.15, 0.2) is 0 Å². The van der Waals surface area contributed by atoms with Crippen LogP contribution in [0.2, 0.25) is 0 Å². The van der Waals surface area contributed by atoms with Crippen molar-refractivity contribution in [1.82, 2.24) is 9.80 Å². The molecule has 130 valence electrons. The van der Waals surface area contributed by atoms with Crippen molar-refractivity contribution in [3.05, 3.63) is 71.3 Å². The SMILES string of the molecule is Cc1ccc(C(=O)N(C)C2CCN(C(=O)c3ccccc3)CC2)cc1. The molecule has 0 N–H and O–H groups in total. The fourth-order valence-corrected chi connectivity index (χ4v) is 3.29. The highest BCUT2D eigenvalue weighted by Gasteiger charge is 2.28. The van der Waals surface area contributed by atoms with Gasteiger partial charge in [-0.05, 0) is 44.0 Å². The van der Waals surface area contributed by atoms with Crippen LogP contribution in [0.5, 0.6) is 0 Å². The molecule has 2 amide bonds. The van der Waals surface area contributed by atoms with E-state index in [0.29, 0.717) is 13.1 Å². The number of likely N-dealkylation sites (tertiary alicyclic amines) is 1. The summed E-state index contributed by atoms with van der Waals surface area (Å²) in [6.07, 6.45) is 1.62. The van der Waals surface area contributed by atoms with Crippen molar-refractivity contribution in [3.63, 3.8) is 0 Å². The second-order valence-electron chi connectivity index (χ2n) is 6.67. The van der Waals surface area contributed by atoms with E-state index in [2.05, 4.69) is 0 Å². The van der Waals surface area contributed by atoms with Crippen molar-refractivity contribution in [2.75, 3.05) is 20.1 Å². The Kier molecular flexibility index (Phi) is 5.17. The Balaban J connectivity index is 1.59. The molecule has 0 spiro atoms. The lowest BCUT2D eigenvalue weighted by Gasteiger charge is -2.36. The van der Waals surface area contributed by atoms with Crippen LogP contribution < -0.4 is 0 Å². The third-order valence-electron chi connectivity index (χ3n) is 4.94. The predicted octanol–water partition coefficient (Wildman–Crippen LogP) is 3.37. The van der Waals surface area contributed by atoms with Crippen molar-refractivity contribution in [1.29, 1.82) is 0 Å². The number of piperidine rings is 1. The van der Waals surface area contributed by atoms with E-state index in [1.54, 1.807) is 0 Å². The standard InChI is InChI=1S/C21H24N2O2/c1-16-8-10-18(11-9-16)20(24)22(2)19-12-14-23(15-13-19)21(25)17-6-4-3-5-7-17/h3-11,19H,12-15H2,1-2H3. The smallest absolute Gasteiger partial charge is 0.253 e. The van der Waals surface area contributed by atoms with Crippen LogP contribution in [0.25, 0.3) is 0 Å². The normalized spacial score (nSPS) is 15.0. The minimum atomic E-state index is 0.0489. The number of hydrogen-bond acceptors (Lipinski definition) is 2. The van der Waals surface area contributed by atoms with E-state index in [0.717, 1.165) is 29.5 Å². The summed E-state index contributed by atoms with van der Waals surface area (Å²) in [7, 11) is 1.86. The van der Waals surface area contributed by atoms with E-state index in [9.17, 15) is 9.59 Å². The molecular weight excluding hydrogens is 312 g/mol. The van der Waals surface area contributed by atoms with Gasteiger partial charge in [-0.2, -0.15) is 0 Å². The number of carbonyl (C=O) groups is 2. The molecular formula is C21H24N2O2. The number of nitrogens with zero attached hydrogens (tertiary/aromatic N) is 2. The number of hydrogen-bond donors (Lipinski definition) is 0. The Hall–Kier alpha value is -2.62. The number of aryl methyl sites for hydroxylation is 1. The molecule has 0 radical (unpaired) electrons. The van der Waals surface area contributed by atoms with Gasteiger partial charge in [-0.15, -0.1) is 0 Å². The third kappa shape index (κ3) is 3.90. The summed E-state index contributed by atoms with van der Waals surface area (Å²) in [5, 5.41) is 0. The Morgan fingerprint density at radius 3 is 2.12 bits per heavy atom. The lowest BCUT2D eigenvalue weighted by Crippen LogP contribution is -2.47. The molecule has 0 unspecified atom stereocenters. The van der Waals surface area contributed by atoms with E-state index in [1.807, 2.05) is 78.4 Å². The lowest BCUT2D eigenvalue weighted by molar-refractivity contribution is 0.0570. The molecule has 4 heteroatoms. The quantitative estimate of drug-likeness (QED) is 0.862. The maximum absolute atomic E-state index is 12.6. The van der Waals surface area contributed by atoms with Crippen LogP contribution >= 0.6 is 0 Å². The van der Waals surface area contributed by atoms with Crippen molar-refractivity contribution < 1.29 is 9.59 Å². The molecule has 2 aromatic carbocycles. The molecule has 0 aliphatic carbocycles. The summed E-state index contributed by atoms with van der Waals surface area (Å²) in [5.74, 6) is 0.124. The first-order valence-electron chi connectivity index (χ1n) is 8.74. The maximum Gasteiger partial charge on any atom is 0.253 e. The van der Waals surface area contributed by atoms with Gasteiger partial charge in [0.2, 0.25) is 0 Å². The number of carbonyl (C=O) groups excluding carboxylic acids is 2. The van der Waals surface area contributed by atoms with Crippen LogP contribution in [0.15, 0.2) is 54.6 Å². The van der Waals surface area contributed by atoms with E-state index < -0.39 is 0 Å². The maximum atomic E-state index is 12.6. The van der Waals surface area contributed by atoms with Gasteiger partial charge in [0.1, 0.15) is 0 Å². The minimum Gasteiger partial charge on any atom is -0.339 e. The van der Waals surface area contributed by atoms with Gasteiger partial charge in [0, 0.05) is 37.3 Å². The monoisotopic (exact) mass is 336 g/mol. The second-order valence-corrected chi connectivity index (χ2v) is 6.67. The summed E-state index contributed by atoms with van der Waals surface area (Å²) in [6, 6.07) is 17.2. The van der Waals surface area contributed by atoms with Crippen LogP contribution in [0.4, 0.5) is 0 Å². The lowest BCUT2D eigenvalue weighted by atomic mass is 10.0. The van der Waals surface area contributed by atoms with Gasteiger partial charge in [-0.3, -0.25) is 9.59 Å². The van der Waals surface area contributed by atoms with Crippen molar-refractivity contribution >= 4 is 11.8 Å². The van der Waals surface area contributed by atoms with E-state index in [1.165, 1.54) is 0 Å². The number of amides is 2. The third-order valence-corrected chi connectivity index (χ3v) is 4.94. The zero-order chi connectivity index (χ0) is 17.8. The average Bonchev–Trinajstić information content (AvgIpc) is 2.67. The first-order chi connectivity index (χ1) is 12.1. The predicted molar refractivity (Wildman–Crippen MR) is 98.6 cm³/mol. The van der Waals surface area contributed by atoms with Crippen molar-refractivity contribution in [2.45, 2.75) is 25.8 Å².